The molecule has 3 rings (SSSR count). The van der Waals surface area contributed by atoms with E-state index in [0.29, 0.717) is 24.3 Å². The van der Waals surface area contributed by atoms with E-state index >= 15 is 0 Å². The van der Waals surface area contributed by atoms with Crippen LogP contribution in [-0.2, 0) is 14.8 Å². The lowest BCUT2D eigenvalue weighted by atomic mass is 10.1. The second-order valence-electron chi connectivity index (χ2n) is 6.46. The van der Waals surface area contributed by atoms with Crippen LogP contribution >= 0.6 is 0 Å². The number of nitrogens with zero attached hydrogens (tertiary/aromatic N) is 1. The average molecular weight is 374 g/mol. The van der Waals surface area contributed by atoms with Crippen molar-refractivity contribution in [2.45, 2.75) is 31.0 Å². The Labute approximate surface area is 153 Å². The molecule has 0 radical (unpaired) electrons. The lowest BCUT2D eigenvalue weighted by molar-refractivity contribution is -0.0586. The highest BCUT2D eigenvalue weighted by atomic mass is 32.2. The quantitative estimate of drug-likeness (QED) is 0.893. The van der Waals surface area contributed by atoms with Crippen molar-refractivity contribution in [3.63, 3.8) is 0 Å². The van der Waals surface area contributed by atoms with E-state index in [1.807, 2.05) is 19.9 Å². The van der Waals surface area contributed by atoms with Gasteiger partial charge >= 0.3 is 0 Å². The lowest BCUT2D eigenvalue weighted by Crippen LogP contribution is -2.48. The molecule has 2 aromatic carbocycles. The molecule has 1 saturated heterocycles. The van der Waals surface area contributed by atoms with Crippen LogP contribution in [0.1, 0.15) is 24.2 Å². The van der Waals surface area contributed by atoms with E-state index < -0.39 is 10.0 Å². The number of para-hydroxylation sites is 1. The summed E-state index contributed by atoms with van der Waals surface area (Å²) in [5, 5.41) is 0. The van der Waals surface area contributed by atoms with Crippen LogP contribution in [0.4, 0.5) is 5.69 Å². The zero-order chi connectivity index (χ0) is 18.7. The SMILES string of the molecule is C[C@@H]1CN(C(=O)c2ccc(S(=O)(=O)Nc3ccccc3)cc2)C[C@@H](C)O1. The largest absolute Gasteiger partial charge is 0.372 e. The van der Waals surface area contributed by atoms with Crippen LogP contribution in [0, 0.1) is 0 Å². The number of hydrogen-bond acceptors (Lipinski definition) is 4. The Morgan fingerprint density at radius 2 is 1.58 bits per heavy atom. The van der Waals surface area contributed by atoms with Crippen LogP contribution in [0.15, 0.2) is 59.5 Å². The Balaban J connectivity index is 1.74. The van der Waals surface area contributed by atoms with Gasteiger partial charge in [0.1, 0.15) is 0 Å². The zero-order valence-electron chi connectivity index (χ0n) is 14.8. The number of carbonyl (C=O) groups excluding carboxylic acids is 1. The normalized spacial score (nSPS) is 20.6. The Kier molecular flexibility index (Phi) is 5.29. The van der Waals surface area contributed by atoms with E-state index in [1.54, 1.807) is 41.3 Å². The van der Waals surface area contributed by atoms with Crippen LogP contribution in [0.3, 0.4) is 0 Å². The highest BCUT2D eigenvalue weighted by molar-refractivity contribution is 7.92. The minimum absolute atomic E-state index is 0.0163. The molecule has 6 nitrogen and oxygen atoms in total. The van der Waals surface area contributed by atoms with Gasteiger partial charge in [0.2, 0.25) is 0 Å². The van der Waals surface area contributed by atoms with Gasteiger partial charge in [-0.05, 0) is 50.2 Å². The molecule has 2 atom stereocenters. The summed E-state index contributed by atoms with van der Waals surface area (Å²) in [6.45, 7) is 4.92. The monoisotopic (exact) mass is 374 g/mol. The standard InChI is InChI=1S/C19H22N2O4S/c1-14-12-21(13-15(2)25-14)19(22)16-8-10-18(11-9-16)26(23,24)20-17-6-4-3-5-7-17/h3-11,14-15,20H,12-13H2,1-2H3/t14-,15-/m1/s1. The molecule has 1 fully saturated rings. The molecule has 1 N–H and O–H groups in total. The van der Waals surface area contributed by atoms with Crippen LogP contribution in [0.2, 0.25) is 0 Å². The first kappa shape index (κ1) is 18.4. The number of benzene rings is 2. The molecule has 1 amide bonds. The minimum atomic E-state index is -3.69. The fraction of sp³-hybridized carbons (Fsp3) is 0.316. The number of nitrogens with one attached hydrogen (secondary N) is 1. The van der Waals surface area contributed by atoms with Gasteiger partial charge in [0, 0.05) is 24.3 Å². The van der Waals surface area contributed by atoms with Crippen LogP contribution in [-0.4, -0.2) is 44.5 Å². The van der Waals surface area contributed by atoms with Crippen molar-refractivity contribution in [1.29, 1.82) is 0 Å². The molecule has 1 aliphatic rings. The first-order valence-corrected chi connectivity index (χ1v) is 9.96. The van der Waals surface area contributed by atoms with Crippen molar-refractivity contribution in [3.05, 3.63) is 60.2 Å². The second kappa shape index (κ2) is 7.47. The number of morpholine rings is 1. The topological polar surface area (TPSA) is 75.7 Å². The molecule has 0 bridgehead atoms. The summed E-state index contributed by atoms with van der Waals surface area (Å²) in [5.41, 5.74) is 0.953. The smallest absolute Gasteiger partial charge is 0.261 e. The third-order valence-corrected chi connectivity index (χ3v) is 5.54. The maximum Gasteiger partial charge on any atom is 0.261 e. The molecular formula is C19H22N2O4S. The van der Waals surface area contributed by atoms with Gasteiger partial charge in [-0.2, -0.15) is 0 Å². The summed E-state index contributed by atoms with van der Waals surface area (Å²) in [7, 11) is -3.69. The second-order valence-corrected chi connectivity index (χ2v) is 8.15. The van der Waals surface area contributed by atoms with Gasteiger partial charge in [-0.1, -0.05) is 18.2 Å². The first-order valence-electron chi connectivity index (χ1n) is 8.48. The van der Waals surface area contributed by atoms with Crippen LogP contribution < -0.4 is 4.72 Å². The predicted octanol–water partition coefficient (Wildman–Crippen LogP) is 2.74. The Morgan fingerprint density at radius 3 is 2.15 bits per heavy atom. The van der Waals surface area contributed by atoms with Gasteiger partial charge in [0.05, 0.1) is 17.1 Å². The van der Waals surface area contributed by atoms with Crippen molar-refractivity contribution in [2.75, 3.05) is 17.8 Å². The molecule has 1 heterocycles. The molecule has 0 spiro atoms. The summed E-state index contributed by atoms with van der Waals surface area (Å²) in [6.07, 6.45) is -0.0325. The zero-order valence-corrected chi connectivity index (χ0v) is 15.6. The summed E-state index contributed by atoms with van der Waals surface area (Å²) < 4.78 is 33.1. The Morgan fingerprint density at radius 1 is 1.00 bits per heavy atom. The summed E-state index contributed by atoms with van der Waals surface area (Å²) in [4.78, 5) is 14.5. The molecule has 2 aromatic rings. The van der Waals surface area contributed by atoms with Crippen LogP contribution in [0.5, 0.6) is 0 Å². The molecule has 138 valence electrons. The first-order chi connectivity index (χ1) is 12.3. The average Bonchev–Trinajstić information content (AvgIpc) is 2.61. The van der Waals surface area contributed by atoms with Gasteiger partial charge in [0.25, 0.3) is 15.9 Å². The van der Waals surface area contributed by atoms with E-state index in [4.69, 9.17) is 4.74 Å². The molecule has 0 aromatic heterocycles. The van der Waals surface area contributed by atoms with Gasteiger partial charge in [-0.3, -0.25) is 9.52 Å². The van der Waals surface area contributed by atoms with Crippen molar-refractivity contribution < 1.29 is 17.9 Å². The lowest BCUT2D eigenvalue weighted by Gasteiger charge is -2.35. The van der Waals surface area contributed by atoms with E-state index in [0.717, 1.165) is 0 Å². The fourth-order valence-corrected chi connectivity index (χ4v) is 4.08. The Hall–Kier alpha value is -2.38. The summed E-state index contributed by atoms with van der Waals surface area (Å²) >= 11 is 0. The van der Waals surface area contributed by atoms with E-state index in [-0.39, 0.29) is 23.0 Å². The third kappa shape index (κ3) is 4.23. The fourth-order valence-electron chi connectivity index (χ4n) is 3.02. The molecular weight excluding hydrogens is 352 g/mol. The number of carbonyl (C=O) groups is 1. The van der Waals surface area contributed by atoms with Gasteiger partial charge in [0.15, 0.2) is 0 Å². The molecule has 1 aliphatic heterocycles. The molecule has 0 aliphatic carbocycles. The van der Waals surface area contributed by atoms with Gasteiger partial charge in [-0.15, -0.1) is 0 Å². The summed E-state index contributed by atoms with van der Waals surface area (Å²) in [6, 6.07) is 14.7. The molecule has 7 heteroatoms. The third-order valence-electron chi connectivity index (χ3n) is 4.14. The maximum atomic E-state index is 12.6. The predicted molar refractivity (Wildman–Crippen MR) is 99.6 cm³/mol. The Bertz CT molecular complexity index is 856. The van der Waals surface area contributed by atoms with Crippen molar-refractivity contribution in [3.8, 4) is 0 Å². The van der Waals surface area contributed by atoms with Crippen molar-refractivity contribution in [2.24, 2.45) is 0 Å². The number of sulfonamides is 1. The maximum absolute atomic E-state index is 12.6. The highest BCUT2D eigenvalue weighted by Crippen LogP contribution is 2.18. The number of amides is 1. The minimum Gasteiger partial charge on any atom is -0.372 e. The molecule has 0 unspecified atom stereocenters. The summed E-state index contributed by atoms with van der Waals surface area (Å²) in [5.74, 6) is -0.119. The van der Waals surface area contributed by atoms with Crippen molar-refractivity contribution in [1.82, 2.24) is 4.90 Å². The number of hydrogen-bond donors (Lipinski definition) is 1. The number of ether oxygens (including phenoxy) is 1. The van der Waals surface area contributed by atoms with Crippen molar-refractivity contribution >= 4 is 21.6 Å². The highest BCUT2D eigenvalue weighted by Gasteiger charge is 2.26. The van der Waals surface area contributed by atoms with Gasteiger partial charge < -0.3 is 9.64 Å². The van der Waals surface area contributed by atoms with Crippen LogP contribution in [0.25, 0.3) is 0 Å². The number of rotatable bonds is 4. The molecule has 0 saturated carbocycles. The number of anilines is 1. The molecule has 26 heavy (non-hydrogen) atoms. The van der Waals surface area contributed by atoms with E-state index in [1.165, 1.54) is 12.1 Å². The van der Waals surface area contributed by atoms with E-state index in [9.17, 15) is 13.2 Å². The van der Waals surface area contributed by atoms with Gasteiger partial charge in [-0.25, -0.2) is 8.42 Å². The van der Waals surface area contributed by atoms with E-state index in [2.05, 4.69) is 4.72 Å².